The molecule has 9 heteroatoms. The molecular weight excluding hydrogens is 452 g/mol. The number of primary amides is 1. The van der Waals surface area contributed by atoms with Gasteiger partial charge in [-0.05, 0) is 44.1 Å². The van der Waals surface area contributed by atoms with E-state index in [1.807, 2.05) is 0 Å². The molecule has 0 radical (unpaired) electrons. The third-order valence-electron chi connectivity index (χ3n) is 8.44. The van der Waals surface area contributed by atoms with Gasteiger partial charge in [0, 0.05) is 50.0 Å². The summed E-state index contributed by atoms with van der Waals surface area (Å²) in [6.45, 7) is 1.70. The minimum absolute atomic E-state index is 0.303. The molecule has 4 fully saturated rings. The van der Waals surface area contributed by atoms with Gasteiger partial charge < -0.3 is 16.0 Å². The Kier molecular flexibility index (Phi) is 5.99. The molecule has 2 aliphatic heterocycles. The van der Waals surface area contributed by atoms with Crippen molar-refractivity contribution in [1.82, 2.24) is 15.1 Å². The summed E-state index contributed by atoms with van der Waals surface area (Å²) < 4.78 is 31.0. The average Bonchev–Trinajstić information content (AvgIpc) is 3.74. The minimum atomic E-state index is -3.08. The van der Waals surface area contributed by atoms with E-state index in [9.17, 15) is 14.9 Å². The molecule has 0 bridgehead atoms. The predicted molar refractivity (Wildman–Crippen MR) is 125 cm³/mol. The van der Waals surface area contributed by atoms with Gasteiger partial charge in [-0.3, -0.25) is 9.69 Å². The molecule has 3 amide bonds. The second-order valence-corrected chi connectivity index (χ2v) is 11.0. The van der Waals surface area contributed by atoms with E-state index in [-0.39, 0.29) is 11.5 Å². The van der Waals surface area contributed by atoms with Crippen molar-refractivity contribution >= 4 is 11.9 Å². The summed E-state index contributed by atoms with van der Waals surface area (Å²) in [5, 5.41) is 12.4. The number of nitriles is 1. The average molecular weight is 486 g/mol. The van der Waals surface area contributed by atoms with Crippen LogP contribution >= 0.6 is 0 Å². The van der Waals surface area contributed by atoms with Crippen molar-refractivity contribution in [3.05, 3.63) is 35.9 Å². The highest BCUT2D eigenvalue weighted by Crippen LogP contribution is 2.55. The van der Waals surface area contributed by atoms with Crippen LogP contribution in [-0.2, 0) is 11.2 Å². The number of alkyl halides is 2. The number of hydrogen-bond acceptors (Lipinski definition) is 4. The molecule has 5 rings (SSSR count). The standard InChI is InChI=1S/C26H33F2N5O2/c27-26(28,14-18-4-2-1-3-5-18)15-20(22(34)31-25(16-29)8-9-25)21-24(17-33(21)19-6-7-19)10-12-32(13-11-24)23(30)35/h1-5,19-21H,6-15,17H2,(H2,30,35)(H,31,34)/t20-,21?/m0/s1. The molecule has 2 aliphatic carbocycles. The van der Waals surface area contributed by atoms with E-state index >= 15 is 8.78 Å². The number of likely N-dealkylation sites (tertiary alicyclic amines) is 2. The van der Waals surface area contributed by atoms with Gasteiger partial charge >= 0.3 is 6.03 Å². The van der Waals surface area contributed by atoms with E-state index in [0.29, 0.717) is 50.4 Å². The van der Waals surface area contributed by atoms with Crippen molar-refractivity contribution < 1.29 is 18.4 Å². The Bertz CT molecular complexity index is 1010. The number of carbonyl (C=O) groups is 2. The van der Waals surface area contributed by atoms with Crippen LogP contribution in [0.15, 0.2) is 30.3 Å². The second-order valence-electron chi connectivity index (χ2n) is 11.0. The van der Waals surface area contributed by atoms with Crippen LogP contribution in [0.3, 0.4) is 0 Å². The molecule has 1 aromatic rings. The number of rotatable bonds is 8. The van der Waals surface area contributed by atoms with E-state index in [1.165, 1.54) is 0 Å². The molecule has 188 valence electrons. The van der Waals surface area contributed by atoms with Crippen molar-refractivity contribution in [3.8, 4) is 6.07 Å². The molecule has 1 aromatic carbocycles. The Balaban J connectivity index is 1.41. The highest BCUT2D eigenvalue weighted by molar-refractivity contribution is 5.81. The van der Waals surface area contributed by atoms with Gasteiger partial charge in [0.15, 0.2) is 0 Å². The molecule has 2 heterocycles. The molecule has 35 heavy (non-hydrogen) atoms. The third-order valence-corrected chi connectivity index (χ3v) is 8.44. The topological polar surface area (TPSA) is 102 Å². The lowest BCUT2D eigenvalue weighted by atomic mass is 9.60. The van der Waals surface area contributed by atoms with Crippen molar-refractivity contribution in [2.75, 3.05) is 19.6 Å². The van der Waals surface area contributed by atoms with Gasteiger partial charge in [-0.15, -0.1) is 0 Å². The van der Waals surface area contributed by atoms with E-state index < -0.39 is 42.2 Å². The SMILES string of the molecule is N#CC1(NC(=O)[C@@H](CC(F)(F)Cc2ccccc2)C2N(C3CC3)CC23CCN(C(N)=O)CC3)CC1. The quantitative estimate of drug-likeness (QED) is 0.591. The van der Waals surface area contributed by atoms with Crippen LogP contribution in [0.25, 0.3) is 0 Å². The summed E-state index contributed by atoms with van der Waals surface area (Å²) in [5.74, 6) is -4.45. The monoisotopic (exact) mass is 485 g/mol. The maximum atomic E-state index is 15.5. The first-order valence-electron chi connectivity index (χ1n) is 12.6. The lowest BCUT2D eigenvalue weighted by Gasteiger charge is -2.63. The van der Waals surface area contributed by atoms with Crippen LogP contribution < -0.4 is 11.1 Å². The number of nitrogens with one attached hydrogen (secondary N) is 1. The fourth-order valence-electron chi connectivity index (χ4n) is 6.20. The summed E-state index contributed by atoms with van der Waals surface area (Å²) in [5.41, 5.74) is 4.79. The van der Waals surface area contributed by atoms with Gasteiger partial charge in [0.2, 0.25) is 5.91 Å². The summed E-state index contributed by atoms with van der Waals surface area (Å²) in [7, 11) is 0. The van der Waals surface area contributed by atoms with Crippen molar-refractivity contribution in [3.63, 3.8) is 0 Å². The smallest absolute Gasteiger partial charge is 0.314 e. The van der Waals surface area contributed by atoms with Crippen molar-refractivity contribution in [1.29, 1.82) is 5.26 Å². The zero-order valence-corrected chi connectivity index (χ0v) is 19.9. The zero-order chi connectivity index (χ0) is 24.8. The number of amides is 3. The predicted octanol–water partition coefficient (Wildman–Crippen LogP) is 3.05. The summed E-state index contributed by atoms with van der Waals surface area (Å²) in [4.78, 5) is 29.1. The van der Waals surface area contributed by atoms with Crippen LogP contribution in [0.5, 0.6) is 0 Å². The van der Waals surface area contributed by atoms with Crippen molar-refractivity contribution in [2.45, 2.75) is 74.9 Å². The molecule has 0 aromatic heterocycles. The summed E-state index contributed by atoms with van der Waals surface area (Å²) in [6.07, 6.45) is 3.41. The zero-order valence-electron chi connectivity index (χ0n) is 19.9. The first kappa shape index (κ1) is 24.0. The number of nitrogens with two attached hydrogens (primary N) is 1. The van der Waals surface area contributed by atoms with Crippen LogP contribution in [-0.4, -0.2) is 64.9 Å². The van der Waals surface area contributed by atoms with E-state index in [4.69, 9.17) is 5.73 Å². The highest BCUT2D eigenvalue weighted by Gasteiger charge is 2.62. The number of carbonyl (C=O) groups excluding carboxylic acids is 2. The maximum Gasteiger partial charge on any atom is 0.314 e. The van der Waals surface area contributed by atoms with Gasteiger partial charge in [0.1, 0.15) is 5.54 Å². The molecule has 2 saturated carbocycles. The van der Waals surface area contributed by atoms with Gasteiger partial charge in [-0.25, -0.2) is 13.6 Å². The van der Waals surface area contributed by atoms with Crippen LogP contribution in [0.4, 0.5) is 13.6 Å². The van der Waals surface area contributed by atoms with Gasteiger partial charge in [-0.2, -0.15) is 5.26 Å². The van der Waals surface area contributed by atoms with Crippen molar-refractivity contribution in [2.24, 2.45) is 17.1 Å². The summed E-state index contributed by atoms with van der Waals surface area (Å²) in [6, 6.07) is 10.3. The molecule has 7 nitrogen and oxygen atoms in total. The van der Waals surface area contributed by atoms with Crippen LogP contribution in [0.1, 0.15) is 50.5 Å². The Labute approximate surface area is 204 Å². The Morgan fingerprint density at radius 3 is 2.37 bits per heavy atom. The number of halogens is 2. The fraction of sp³-hybridized carbons (Fsp3) is 0.654. The first-order chi connectivity index (χ1) is 16.7. The van der Waals surface area contributed by atoms with Gasteiger partial charge in [0.25, 0.3) is 5.92 Å². The molecular formula is C26H33F2N5O2. The van der Waals surface area contributed by atoms with Gasteiger partial charge in [-0.1, -0.05) is 30.3 Å². The fourth-order valence-corrected chi connectivity index (χ4v) is 6.20. The molecule has 1 spiro atoms. The molecule has 1 unspecified atom stereocenters. The number of piperidine rings is 1. The Morgan fingerprint density at radius 1 is 1.17 bits per heavy atom. The number of benzene rings is 1. The Hall–Kier alpha value is -2.73. The molecule has 2 saturated heterocycles. The van der Waals surface area contributed by atoms with Gasteiger partial charge in [0.05, 0.1) is 12.0 Å². The maximum absolute atomic E-state index is 15.5. The lowest BCUT2D eigenvalue weighted by molar-refractivity contribution is -0.165. The molecule has 4 aliphatic rings. The van der Waals surface area contributed by atoms with Crippen LogP contribution in [0, 0.1) is 22.7 Å². The first-order valence-corrected chi connectivity index (χ1v) is 12.6. The molecule has 3 N–H and O–H groups in total. The number of urea groups is 1. The summed E-state index contributed by atoms with van der Waals surface area (Å²) >= 11 is 0. The molecule has 2 atom stereocenters. The highest BCUT2D eigenvalue weighted by atomic mass is 19.3. The number of hydrogen-bond donors (Lipinski definition) is 2. The number of nitrogens with zero attached hydrogens (tertiary/aromatic N) is 3. The van der Waals surface area contributed by atoms with E-state index in [0.717, 1.165) is 19.4 Å². The third kappa shape index (κ3) is 4.86. The minimum Gasteiger partial charge on any atom is -0.351 e. The second kappa shape index (κ2) is 8.74. The Morgan fingerprint density at radius 2 is 1.83 bits per heavy atom. The lowest BCUT2D eigenvalue weighted by Crippen LogP contribution is -2.72. The van der Waals surface area contributed by atoms with E-state index in [1.54, 1.807) is 35.2 Å². The van der Waals surface area contributed by atoms with Crippen LogP contribution in [0.2, 0.25) is 0 Å². The normalized spacial score (nSPS) is 25.9. The van der Waals surface area contributed by atoms with E-state index in [2.05, 4.69) is 16.3 Å². The largest absolute Gasteiger partial charge is 0.351 e.